The van der Waals surface area contributed by atoms with Gasteiger partial charge >= 0.3 is 5.97 Å². The standard InChI is InChI=1S/C24H17N5O3/c25-14-19-15-27-29(20-9-2-1-3-10-20)24(19)28-21(30)16-32-22(31)12-11-18-7-4-6-17-8-5-13-26-23(17)18/h1-13,15H,16H2,(H,28,30)/b12-11+. The number of rotatable bonds is 6. The van der Waals surface area contributed by atoms with Crippen molar-refractivity contribution in [3.05, 3.63) is 90.3 Å². The Kier molecular flexibility index (Phi) is 6.00. The Morgan fingerprint density at radius 1 is 1.09 bits per heavy atom. The number of nitrogens with zero attached hydrogens (tertiary/aromatic N) is 4. The summed E-state index contributed by atoms with van der Waals surface area (Å²) in [5.74, 6) is -1.06. The molecule has 4 rings (SSSR count). The number of para-hydroxylation sites is 2. The lowest BCUT2D eigenvalue weighted by Crippen LogP contribution is -2.22. The average molecular weight is 423 g/mol. The summed E-state index contributed by atoms with van der Waals surface area (Å²) in [5, 5.41) is 17.0. The molecule has 0 aliphatic carbocycles. The normalized spacial score (nSPS) is 10.7. The fraction of sp³-hybridized carbons (Fsp3) is 0.0417. The first-order valence-electron chi connectivity index (χ1n) is 9.67. The molecule has 0 aliphatic heterocycles. The number of nitriles is 1. The van der Waals surface area contributed by atoms with Gasteiger partial charge in [0.2, 0.25) is 0 Å². The quantitative estimate of drug-likeness (QED) is 0.376. The number of carbonyl (C=O) groups excluding carboxylic acids is 2. The zero-order valence-electron chi connectivity index (χ0n) is 16.8. The van der Waals surface area contributed by atoms with E-state index in [2.05, 4.69) is 15.4 Å². The van der Waals surface area contributed by atoms with E-state index in [9.17, 15) is 14.9 Å². The van der Waals surface area contributed by atoms with E-state index >= 15 is 0 Å². The first-order chi connectivity index (χ1) is 15.7. The van der Waals surface area contributed by atoms with Gasteiger partial charge in [0.25, 0.3) is 5.91 Å². The largest absolute Gasteiger partial charge is 0.452 e. The molecule has 0 aliphatic rings. The summed E-state index contributed by atoms with van der Waals surface area (Å²) in [6, 6.07) is 20.4. The van der Waals surface area contributed by atoms with Crippen molar-refractivity contribution < 1.29 is 14.3 Å². The Balaban J connectivity index is 1.40. The van der Waals surface area contributed by atoms with Crippen LogP contribution in [0.1, 0.15) is 11.1 Å². The second-order valence-electron chi connectivity index (χ2n) is 6.68. The molecule has 0 saturated heterocycles. The van der Waals surface area contributed by atoms with Crippen LogP contribution in [0.15, 0.2) is 79.1 Å². The second-order valence-corrected chi connectivity index (χ2v) is 6.68. The van der Waals surface area contributed by atoms with Crippen molar-refractivity contribution in [1.29, 1.82) is 5.26 Å². The van der Waals surface area contributed by atoms with Crippen LogP contribution in [0.3, 0.4) is 0 Å². The van der Waals surface area contributed by atoms with Gasteiger partial charge in [-0.2, -0.15) is 10.4 Å². The van der Waals surface area contributed by atoms with E-state index < -0.39 is 18.5 Å². The maximum Gasteiger partial charge on any atom is 0.331 e. The van der Waals surface area contributed by atoms with E-state index in [0.29, 0.717) is 5.69 Å². The van der Waals surface area contributed by atoms with Crippen LogP contribution in [0.4, 0.5) is 5.82 Å². The number of hydrogen-bond acceptors (Lipinski definition) is 6. The summed E-state index contributed by atoms with van der Waals surface area (Å²) in [4.78, 5) is 28.8. The molecule has 2 aromatic carbocycles. The highest BCUT2D eigenvalue weighted by Crippen LogP contribution is 2.20. The number of pyridine rings is 1. The fourth-order valence-corrected chi connectivity index (χ4v) is 3.09. The van der Waals surface area contributed by atoms with Gasteiger partial charge in [0.05, 0.1) is 17.4 Å². The van der Waals surface area contributed by atoms with Gasteiger partial charge in [-0.05, 0) is 24.3 Å². The van der Waals surface area contributed by atoms with E-state index in [1.165, 1.54) is 17.0 Å². The lowest BCUT2D eigenvalue weighted by Gasteiger charge is -2.09. The van der Waals surface area contributed by atoms with E-state index in [1.54, 1.807) is 24.4 Å². The summed E-state index contributed by atoms with van der Waals surface area (Å²) in [6.45, 7) is -0.512. The highest BCUT2D eigenvalue weighted by molar-refractivity contribution is 5.96. The van der Waals surface area contributed by atoms with Crippen LogP contribution in [-0.4, -0.2) is 33.2 Å². The maximum atomic E-state index is 12.3. The third-order valence-electron chi connectivity index (χ3n) is 4.56. The molecule has 2 aromatic heterocycles. The molecule has 0 unspecified atom stereocenters. The number of carbonyl (C=O) groups is 2. The van der Waals surface area contributed by atoms with E-state index in [0.717, 1.165) is 16.5 Å². The minimum atomic E-state index is -0.676. The van der Waals surface area contributed by atoms with Crippen molar-refractivity contribution >= 4 is 34.7 Å². The molecule has 0 atom stereocenters. The molecule has 1 amide bonds. The monoisotopic (exact) mass is 423 g/mol. The van der Waals surface area contributed by atoms with Crippen molar-refractivity contribution in [3.63, 3.8) is 0 Å². The predicted octanol–water partition coefficient (Wildman–Crippen LogP) is 3.49. The summed E-state index contributed by atoms with van der Waals surface area (Å²) in [5.41, 5.74) is 2.38. The Labute approximate surface area is 183 Å². The van der Waals surface area contributed by atoms with Gasteiger partial charge in [-0.1, -0.05) is 42.5 Å². The zero-order valence-corrected chi connectivity index (χ0v) is 16.8. The third-order valence-corrected chi connectivity index (χ3v) is 4.56. The highest BCUT2D eigenvalue weighted by Gasteiger charge is 2.16. The number of nitrogens with one attached hydrogen (secondary N) is 1. The first kappa shape index (κ1) is 20.5. The van der Waals surface area contributed by atoms with Crippen LogP contribution in [-0.2, 0) is 14.3 Å². The highest BCUT2D eigenvalue weighted by atomic mass is 16.5. The smallest absolute Gasteiger partial charge is 0.331 e. The van der Waals surface area contributed by atoms with E-state index in [4.69, 9.17) is 4.74 Å². The molecule has 0 bridgehead atoms. The van der Waals surface area contributed by atoms with Crippen molar-refractivity contribution in [2.45, 2.75) is 0 Å². The lowest BCUT2D eigenvalue weighted by atomic mass is 10.1. The zero-order chi connectivity index (χ0) is 22.3. The van der Waals surface area contributed by atoms with Crippen LogP contribution >= 0.6 is 0 Å². The Morgan fingerprint density at radius 2 is 1.91 bits per heavy atom. The van der Waals surface area contributed by atoms with Gasteiger partial charge in [-0.15, -0.1) is 0 Å². The van der Waals surface area contributed by atoms with Crippen LogP contribution < -0.4 is 5.32 Å². The summed E-state index contributed by atoms with van der Waals surface area (Å²) in [6.07, 6.45) is 5.87. The molecule has 2 heterocycles. The molecule has 8 nitrogen and oxygen atoms in total. The van der Waals surface area contributed by atoms with Crippen LogP contribution in [0.2, 0.25) is 0 Å². The Hall–Kier alpha value is -4.77. The maximum absolute atomic E-state index is 12.3. The molecular weight excluding hydrogens is 406 g/mol. The van der Waals surface area contributed by atoms with Crippen molar-refractivity contribution in [2.24, 2.45) is 0 Å². The molecule has 0 spiro atoms. The van der Waals surface area contributed by atoms with Crippen molar-refractivity contribution in [3.8, 4) is 11.8 Å². The number of hydrogen-bond donors (Lipinski definition) is 1. The van der Waals surface area contributed by atoms with Gasteiger partial charge in [0.15, 0.2) is 12.4 Å². The van der Waals surface area contributed by atoms with Gasteiger partial charge < -0.3 is 10.1 Å². The molecular formula is C24H17N5O3. The number of esters is 1. The molecule has 1 N–H and O–H groups in total. The lowest BCUT2D eigenvalue weighted by molar-refractivity contribution is -0.142. The molecule has 0 radical (unpaired) electrons. The first-order valence-corrected chi connectivity index (χ1v) is 9.67. The minimum Gasteiger partial charge on any atom is -0.452 e. The third kappa shape index (κ3) is 4.52. The summed E-state index contributed by atoms with van der Waals surface area (Å²) >= 11 is 0. The molecule has 8 heteroatoms. The van der Waals surface area contributed by atoms with E-state index in [1.807, 2.05) is 54.6 Å². The number of ether oxygens (including phenoxy) is 1. The number of amides is 1. The number of fused-ring (bicyclic) bond motifs is 1. The second kappa shape index (κ2) is 9.36. The molecule has 0 fully saturated rings. The molecule has 32 heavy (non-hydrogen) atoms. The molecule has 0 saturated carbocycles. The Morgan fingerprint density at radius 3 is 2.72 bits per heavy atom. The van der Waals surface area contributed by atoms with E-state index in [-0.39, 0.29) is 11.4 Å². The molecule has 156 valence electrons. The van der Waals surface area contributed by atoms with Gasteiger partial charge in [-0.3, -0.25) is 9.78 Å². The Bertz CT molecular complexity index is 1350. The fourth-order valence-electron chi connectivity index (χ4n) is 3.09. The summed E-state index contributed by atoms with van der Waals surface area (Å²) < 4.78 is 6.47. The van der Waals surface area contributed by atoms with Gasteiger partial charge in [-0.25, -0.2) is 9.48 Å². The molecule has 4 aromatic rings. The average Bonchev–Trinajstić information content (AvgIpc) is 3.24. The topological polar surface area (TPSA) is 110 Å². The minimum absolute atomic E-state index is 0.192. The number of benzene rings is 2. The van der Waals surface area contributed by atoms with Crippen molar-refractivity contribution in [2.75, 3.05) is 11.9 Å². The predicted molar refractivity (Wildman–Crippen MR) is 119 cm³/mol. The number of anilines is 1. The van der Waals surface area contributed by atoms with Crippen molar-refractivity contribution in [1.82, 2.24) is 14.8 Å². The number of aromatic nitrogens is 3. The van der Waals surface area contributed by atoms with Crippen LogP contribution in [0.5, 0.6) is 0 Å². The SMILES string of the molecule is N#Cc1cnn(-c2ccccc2)c1NC(=O)COC(=O)/C=C/c1cccc2cccnc12. The van der Waals surface area contributed by atoms with Crippen LogP contribution in [0, 0.1) is 11.3 Å². The summed E-state index contributed by atoms with van der Waals surface area (Å²) in [7, 11) is 0. The van der Waals surface area contributed by atoms with Gasteiger partial charge in [0.1, 0.15) is 11.6 Å². The van der Waals surface area contributed by atoms with Gasteiger partial charge in [0, 0.05) is 23.2 Å². The van der Waals surface area contributed by atoms with Crippen LogP contribution in [0.25, 0.3) is 22.7 Å².